The average molecular weight is 188 g/mol. The zero-order valence-electron chi connectivity index (χ0n) is 5.86. The Labute approximate surface area is 70.9 Å². The Hall–Kier alpha value is -0.0300. The number of fused-ring (bicyclic) bond motifs is 1. The molecule has 4 heteroatoms. The quantitative estimate of drug-likeness (QED) is 0.674. The summed E-state index contributed by atoms with van der Waals surface area (Å²) in [7, 11) is -1.19. The van der Waals surface area contributed by atoms with Crippen molar-refractivity contribution < 1.29 is 8.37 Å². The normalized spacial score (nSPS) is 46.4. The number of hydrogen-bond acceptors (Lipinski definition) is 3. The second-order valence-electron chi connectivity index (χ2n) is 2.69. The summed E-state index contributed by atoms with van der Waals surface area (Å²) in [5.41, 5.74) is 0. The first-order chi connectivity index (χ1) is 5.39. The van der Waals surface area contributed by atoms with Crippen LogP contribution < -0.4 is 0 Å². The van der Waals surface area contributed by atoms with Crippen molar-refractivity contribution in [2.45, 2.75) is 17.6 Å². The fourth-order valence-electron chi connectivity index (χ4n) is 1.46. The van der Waals surface area contributed by atoms with E-state index in [0.29, 0.717) is 0 Å². The van der Waals surface area contributed by atoms with Crippen LogP contribution in [0.3, 0.4) is 0 Å². The third-order valence-electron chi connectivity index (χ3n) is 2.00. The van der Waals surface area contributed by atoms with Gasteiger partial charge in [0.2, 0.25) is 6.29 Å². The van der Waals surface area contributed by atoms with Crippen LogP contribution in [0.1, 0.15) is 6.42 Å². The van der Waals surface area contributed by atoms with Crippen molar-refractivity contribution in [3.8, 4) is 0 Å². The molecule has 1 aromatic rings. The molecule has 4 heterocycles. The maximum absolute atomic E-state index is 5.65. The molecule has 3 aliphatic rings. The van der Waals surface area contributed by atoms with Gasteiger partial charge in [-0.25, -0.2) is 8.37 Å². The lowest BCUT2D eigenvalue weighted by molar-refractivity contribution is -0.0350. The van der Waals surface area contributed by atoms with Crippen molar-refractivity contribution in [3.63, 3.8) is 0 Å². The van der Waals surface area contributed by atoms with Crippen molar-refractivity contribution in [1.82, 2.24) is 0 Å². The van der Waals surface area contributed by atoms with Crippen LogP contribution in [-0.2, 0) is 8.37 Å². The Balaban J connectivity index is 2.00. The molecule has 0 aliphatic carbocycles. The van der Waals surface area contributed by atoms with Crippen LogP contribution in [-0.4, -0.2) is 12.0 Å². The SMILES string of the molecule is c1cc(S23CCC(O2)O3)cs1. The second kappa shape index (κ2) is 2.01. The highest BCUT2D eigenvalue weighted by Gasteiger charge is 2.48. The first-order valence-electron chi connectivity index (χ1n) is 3.59. The monoisotopic (exact) mass is 188 g/mol. The highest BCUT2D eigenvalue weighted by Crippen LogP contribution is 2.72. The molecule has 3 saturated heterocycles. The third-order valence-corrected chi connectivity index (χ3v) is 5.63. The Morgan fingerprint density at radius 2 is 2.45 bits per heavy atom. The van der Waals surface area contributed by atoms with E-state index in [1.54, 1.807) is 11.3 Å². The molecule has 0 amide bonds. The van der Waals surface area contributed by atoms with E-state index in [1.807, 2.05) is 0 Å². The summed E-state index contributed by atoms with van der Waals surface area (Å²) in [6.07, 6.45) is 1.22. The predicted octanol–water partition coefficient (Wildman–Crippen LogP) is 2.52. The van der Waals surface area contributed by atoms with E-state index in [9.17, 15) is 0 Å². The van der Waals surface area contributed by atoms with Gasteiger partial charge in [0.25, 0.3) is 0 Å². The van der Waals surface area contributed by atoms with Crippen LogP contribution in [0.4, 0.5) is 0 Å². The molecule has 2 nitrogen and oxygen atoms in total. The minimum Gasteiger partial charge on any atom is -0.246 e. The van der Waals surface area contributed by atoms with Crippen molar-refractivity contribution in [2.75, 3.05) is 5.75 Å². The molecule has 60 valence electrons. The van der Waals surface area contributed by atoms with E-state index in [-0.39, 0.29) is 6.29 Å². The highest BCUT2D eigenvalue weighted by molar-refractivity contribution is 8.27. The third kappa shape index (κ3) is 0.755. The number of rotatable bonds is 1. The molecule has 0 spiro atoms. The standard InChI is InChI=1S/C7H8O2S2/c1-3-10-5-6(1)11-4-2-7(8-11)9-11/h1,3,5,7H,2,4H2. The van der Waals surface area contributed by atoms with E-state index in [4.69, 9.17) is 8.37 Å². The molecule has 1 aromatic heterocycles. The lowest BCUT2D eigenvalue weighted by Crippen LogP contribution is -2.23. The van der Waals surface area contributed by atoms with E-state index in [0.717, 1.165) is 12.2 Å². The van der Waals surface area contributed by atoms with Crippen molar-refractivity contribution in [1.29, 1.82) is 0 Å². The molecule has 0 saturated carbocycles. The largest absolute Gasteiger partial charge is 0.246 e. The maximum atomic E-state index is 5.65. The van der Waals surface area contributed by atoms with E-state index < -0.39 is 10.6 Å². The molecule has 4 rings (SSSR count). The van der Waals surface area contributed by atoms with Gasteiger partial charge in [-0.2, -0.15) is 21.9 Å². The van der Waals surface area contributed by atoms with Crippen molar-refractivity contribution in [2.24, 2.45) is 0 Å². The zero-order chi connectivity index (χ0) is 7.31. The van der Waals surface area contributed by atoms with Crippen LogP contribution in [0.2, 0.25) is 0 Å². The van der Waals surface area contributed by atoms with Gasteiger partial charge >= 0.3 is 0 Å². The smallest absolute Gasteiger partial charge is 0.205 e. The van der Waals surface area contributed by atoms with E-state index >= 15 is 0 Å². The number of hydrogen-bond donors (Lipinski definition) is 0. The van der Waals surface area contributed by atoms with Gasteiger partial charge in [0.1, 0.15) is 0 Å². The van der Waals surface area contributed by atoms with Crippen LogP contribution in [0, 0.1) is 0 Å². The van der Waals surface area contributed by atoms with Gasteiger partial charge in [-0.15, -0.1) is 0 Å². The number of thiophene rings is 1. The topological polar surface area (TPSA) is 18.5 Å². The summed E-state index contributed by atoms with van der Waals surface area (Å²) in [4.78, 5) is 1.27. The molecular formula is C7H8O2S2. The lowest BCUT2D eigenvalue weighted by atomic mass is 10.5. The van der Waals surface area contributed by atoms with Crippen LogP contribution in [0.5, 0.6) is 0 Å². The predicted molar refractivity (Wildman–Crippen MR) is 45.6 cm³/mol. The summed E-state index contributed by atoms with van der Waals surface area (Å²) in [5, 5.41) is 4.21. The molecule has 0 unspecified atom stereocenters. The van der Waals surface area contributed by atoms with Crippen LogP contribution in [0.25, 0.3) is 0 Å². The van der Waals surface area contributed by atoms with Gasteiger partial charge in [0, 0.05) is 17.6 Å². The van der Waals surface area contributed by atoms with Gasteiger partial charge in [-0.3, -0.25) is 0 Å². The molecule has 0 aromatic carbocycles. The average Bonchev–Trinajstić information content (AvgIpc) is 2.59. The van der Waals surface area contributed by atoms with E-state index in [2.05, 4.69) is 16.8 Å². The summed E-state index contributed by atoms with van der Waals surface area (Å²) < 4.78 is 11.3. The van der Waals surface area contributed by atoms with Crippen LogP contribution in [0.15, 0.2) is 21.7 Å². The van der Waals surface area contributed by atoms with Gasteiger partial charge in [0.05, 0.1) is 4.90 Å². The molecule has 2 bridgehead atoms. The molecular weight excluding hydrogens is 180 g/mol. The van der Waals surface area contributed by atoms with Gasteiger partial charge in [0.15, 0.2) is 0 Å². The van der Waals surface area contributed by atoms with Crippen molar-refractivity contribution >= 4 is 21.9 Å². The fraction of sp³-hybridized carbons (Fsp3) is 0.429. The Kier molecular flexibility index (Phi) is 1.19. The molecule has 3 aliphatic heterocycles. The molecule has 0 atom stereocenters. The van der Waals surface area contributed by atoms with Crippen LogP contribution >= 0.6 is 21.9 Å². The summed E-state index contributed by atoms with van der Waals surface area (Å²) in [6.45, 7) is 0. The highest BCUT2D eigenvalue weighted by atomic mass is 32.3. The van der Waals surface area contributed by atoms with E-state index in [1.165, 1.54) is 4.90 Å². The Bertz CT molecular complexity index is 258. The Morgan fingerprint density at radius 3 is 3.00 bits per heavy atom. The van der Waals surface area contributed by atoms with Gasteiger partial charge < -0.3 is 0 Å². The van der Waals surface area contributed by atoms with Gasteiger partial charge in [-0.05, 0) is 11.4 Å². The molecule has 3 fully saturated rings. The summed E-state index contributed by atoms with van der Waals surface area (Å²) in [5.74, 6) is 1.11. The first-order valence-corrected chi connectivity index (χ1v) is 6.18. The van der Waals surface area contributed by atoms with Crippen molar-refractivity contribution in [3.05, 3.63) is 16.8 Å². The summed E-state index contributed by atoms with van der Waals surface area (Å²) >= 11 is 1.71. The minimum absolute atomic E-state index is 0.130. The Morgan fingerprint density at radius 1 is 1.55 bits per heavy atom. The maximum Gasteiger partial charge on any atom is 0.205 e. The second-order valence-corrected chi connectivity index (χ2v) is 5.96. The summed E-state index contributed by atoms with van der Waals surface area (Å²) in [6, 6.07) is 2.11. The van der Waals surface area contributed by atoms with Gasteiger partial charge in [-0.1, -0.05) is 0 Å². The molecule has 11 heavy (non-hydrogen) atoms. The zero-order valence-corrected chi connectivity index (χ0v) is 7.49. The molecule has 0 N–H and O–H groups in total. The minimum atomic E-state index is -1.19. The lowest BCUT2D eigenvalue weighted by Gasteiger charge is -2.45. The first kappa shape index (κ1) is 6.48. The molecule has 0 radical (unpaired) electrons. The fourth-order valence-corrected chi connectivity index (χ4v) is 5.14.